The van der Waals surface area contributed by atoms with Gasteiger partial charge < -0.3 is 9.88 Å². The fourth-order valence-corrected chi connectivity index (χ4v) is 2.30. The Morgan fingerprint density at radius 2 is 1.90 bits per heavy atom. The Kier molecular flexibility index (Phi) is 3.22. The first-order chi connectivity index (χ1) is 10.0. The zero-order valence-corrected chi connectivity index (χ0v) is 12.3. The van der Waals surface area contributed by atoms with Gasteiger partial charge in [0.2, 0.25) is 0 Å². The molecule has 0 saturated carbocycles. The summed E-state index contributed by atoms with van der Waals surface area (Å²) in [6.45, 7) is 4.08. The molecule has 4 heteroatoms. The summed E-state index contributed by atoms with van der Waals surface area (Å²) in [5, 5.41) is 2.92. The Hall–Kier alpha value is -2.62. The van der Waals surface area contributed by atoms with Crippen LogP contribution in [0.25, 0.3) is 11.0 Å². The first-order valence-electron chi connectivity index (χ1n) is 6.84. The lowest BCUT2D eigenvalue weighted by atomic mass is 10.1. The molecule has 106 valence electrons. The van der Waals surface area contributed by atoms with E-state index in [1.807, 2.05) is 54.9 Å². The number of nitrogens with zero attached hydrogens (tertiary/aromatic N) is 2. The highest BCUT2D eigenvalue weighted by atomic mass is 16.1. The number of imidazole rings is 1. The van der Waals surface area contributed by atoms with Crippen LogP contribution in [0.15, 0.2) is 42.7 Å². The van der Waals surface area contributed by atoms with Gasteiger partial charge in [0.1, 0.15) is 0 Å². The third-order valence-corrected chi connectivity index (χ3v) is 3.75. The number of rotatable bonds is 2. The number of amides is 1. The summed E-state index contributed by atoms with van der Waals surface area (Å²) in [7, 11) is 1.93. The van der Waals surface area contributed by atoms with Crippen molar-refractivity contribution in [2.45, 2.75) is 13.8 Å². The van der Waals surface area contributed by atoms with Gasteiger partial charge in [0.05, 0.1) is 17.4 Å². The maximum absolute atomic E-state index is 12.3. The minimum absolute atomic E-state index is 0.120. The quantitative estimate of drug-likeness (QED) is 0.781. The van der Waals surface area contributed by atoms with E-state index in [9.17, 15) is 4.79 Å². The van der Waals surface area contributed by atoms with Gasteiger partial charge in [-0.25, -0.2) is 4.98 Å². The third kappa shape index (κ3) is 2.52. The summed E-state index contributed by atoms with van der Waals surface area (Å²) in [6, 6.07) is 11.4. The SMILES string of the molecule is Cc1ccc(NC(=O)c2ccc3c(c2)ncn3C)cc1C. The summed E-state index contributed by atoms with van der Waals surface area (Å²) in [5.74, 6) is -0.120. The molecule has 0 aliphatic heterocycles. The molecule has 1 heterocycles. The number of hydrogen-bond donors (Lipinski definition) is 1. The van der Waals surface area contributed by atoms with Gasteiger partial charge in [-0.15, -0.1) is 0 Å². The van der Waals surface area contributed by atoms with Gasteiger partial charge in [0, 0.05) is 18.3 Å². The molecule has 0 atom stereocenters. The maximum Gasteiger partial charge on any atom is 0.255 e. The molecule has 0 aliphatic carbocycles. The molecular weight excluding hydrogens is 262 g/mol. The van der Waals surface area contributed by atoms with E-state index in [0.717, 1.165) is 22.3 Å². The second kappa shape index (κ2) is 5.05. The van der Waals surface area contributed by atoms with Crippen LogP contribution in [0.1, 0.15) is 21.5 Å². The van der Waals surface area contributed by atoms with Crippen LogP contribution >= 0.6 is 0 Å². The van der Waals surface area contributed by atoms with E-state index < -0.39 is 0 Å². The Morgan fingerprint density at radius 1 is 1.10 bits per heavy atom. The van der Waals surface area contributed by atoms with Crippen molar-refractivity contribution in [3.05, 3.63) is 59.4 Å². The van der Waals surface area contributed by atoms with Crippen molar-refractivity contribution in [2.75, 3.05) is 5.32 Å². The third-order valence-electron chi connectivity index (χ3n) is 3.75. The first kappa shape index (κ1) is 13.4. The standard InChI is InChI=1S/C17H17N3O/c1-11-4-6-14(8-12(11)2)19-17(21)13-5-7-16-15(9-13)18-10-20(16)3/h4-10H,1-3H3,(H,19,21). The van der Waals surface area contributed by atoms with Gasteiger partial charge >= 0.3 is 0 Å². The van der Waals surface area contributed by atoms with Crippen molar-refractivity contribution in [2.24, 2.45) is 7.05 Å². The maximum atomic E-state index is 12.3. The molecule has 0 bridgehead atoms. The van der Waals surface area contributed by atoms with E-state index in [2.05, 4.69) is 17.2 Å². The van der Waals surface area contributed by atoms with E-state index in [1.54, 1.807) is 6.33 Å². The molecule has 3 aromatic rings. The number of carbonyl (C=O) groups is 1. The molecule has 21 heavy (non-hydrogen) atoms. The van der Waals surface area contributed by atoms with E-state index in [4.69, 9.17) is 0 Å². The summed E-state index contributed by atoms with van der Waals surface area (Å²) in [6.07, 6.45) is 1.75. The van der Waals surface area contributed by atoms with Crippen LogP contribution in [0.4, 0.5) is 5.69 Å². The van der Waals surface area contributed by atoms with Crippen molar-refractivity contribution in [3.63, 3.8) is 0 Å². The van der Waals surface area contributed by atoms with E-state index >= 15 is 0 Å². The highest BCUT2D eigenvalue weighted by molar-refractivity contribution is 6.06. The number of carbonyl (C=O) groups excluding carboxylic acids is 1. The van der Waals surface area contributed by atoms with E-state index in [0.29, 0.717) is 5.56 Å². The fraction of sp³-hybridized carbons (Fsp3) is 0.176. The minimum atomic E-state index is -0.120. The molecule has 0 spiro atoms. The van der Waals surface area contributed by atoms with Crippen LogP contribution in [0, 0.1) is 13.8 Å². The molecule has 0 unspecified atom stereocenters. The normalized spacial score (nSPS) is 10.8. The minimum Gasteiger partial charge on any atom is -0.334 e. The molecule has 0 fully saturated rings. The van der Waals surface area contributed by atoms with Crippen molar-refractivity contribution in [1.82, 2.24) is 9.55 Å². The van der Waals surface area contributed by atoms with Crippen LogP contribution in [-0.2, 0) is 7.05 Å². The monoisotopic (exact) mass is 279 g/mol. The molecule has 4 nitrogen and oxygen atoms in total. The zero-order valence-electron chi connectivity index (χ0n) is 12.3. The number of anilines is 1. The second-order valence-corrected chi connectivity index (χ2v) is 5.31. The highest BCUT2D eigenvalue weighted by Crippen LogP contribution is 2.17. The average Bonchev–Trinajstić information content (AvgIpc) is 2.84. The van der Waals surface area contributed by atoms with Gasteiger partial charge in [0.15, 0.2) is 0 Å². The average molecular weight is 279 g/mol. The van der Waals surface area contributed by atoms with Gasteiger partial charge in [-0.1, -0.05) is 6.07 Å². The summed E-state index contributed by atoms with van der Waals surface area (Å²) >= 11 is 0. The predicted octanol–water partition coefficient (Wildman–Crippen LogP) is 3.44. The molecule has 0 radical (unpaired) electrons. The molecular formula is C17H17N3O. The van der Waals surface area contributed by atoms with Gasteiger partial charge in [-0.05, 0) is 55.3 Å². The van der Waals surface area contributed by atoms with Gasteiger partial charge in [0.25, 0.3) is 5.91 Å². The van der Waals surface area contributed by atoms with Crippen LogP contribution in [0.3, 0.4) is 0 Å². The summed E-state index contributed by atoms with van der Waals surface area (Å²) in [5.41, 5.74) is 5.63. The Morgan fingerprint density at radius 3 is 2.67 bits per heavy atom. The lowest BCUT2D eigenvalue weighted by Gasteiger charge is -2.08. The number of fused-ring (bicyclic) bond motifs is 1. The zero-order chi connectivity index (χ0) is 15.0. The summed E-state index contributed by atoms with van der Waals surface area (Å²) in [4.78, 5) is 16.6. The number of benzene rings is 2. The molecule has 0 saturated heterocycles. The Balaban J connectivity index is 1.87. The van der Waals surface area contributed by atoms with Crippen molar-refractivity contribution in [1.29, 1.82) is 0 Å². The Bertz CT molecular complexity index is 833. The number of aromatic nitrogens is 2. The van der Waals surface area contributed by atoms with Crippen LogP contribution < -0.4 is 5.32 Å². The fourth-order valence-electron chi connectivity index (χ4n) is 2.30. The molecule has 2 aromatic carbocycles. The van der Waals surface area contributed by atoms with Crippen molar-refractivity contribution in [3.8, 4) is 0 Å². The van der Waals surface area contributed by atoms with Crippen molar-refractivity contribution >= 4 is 22.6 Å². The van der Waals surface area contributed by atoms with E-state index in [1.165, 1.54) is 5.56 Å². The predicted molar refractivity (Wildman–Crippen MR) is 84.6 cm³/mol. The van der Waals surface area contributed by atoms with Gasteiger partial charge in [-0.3, -0.25) is 4.79 Å². The summed E-state index contributed by atoms with van der Waals surface area (Å²) < 4.78 is 1.93. The topological polar surface area (TPSA) is 46.9 Å². The lowest BCUT2D eigenvalue weighted by molar-refractivity contribution is 0.102. The van der Waals surface area contributed by atoms with Crippen LogP contribution in [0.5, 0.6) is 0 Å². The first-order valence-corrected chi connectivity index (χ1v) is 6.84. The molecule has 3 rings (SSSR count). The molecule has 0 aliphatic rings. The molecule has 1 aromatic heterocycles. The highest BCUT2D eigenvalue weighted by Gasteiger charge is 2.09. The Labute approximate surface area is 123 Å². The smallest absolute Gasteiger partial charge is 0.255 e. The lowest BCUT2D eigenvalue weighted by Crippen LogP contribution is -2.12. The van der Waals surface area contributed by atoms with Gasteiger partial charge in [-0.2, -0.15) is 0 Å². The number of hydrogen-bond acceptors (Lipinski definition) is 2. The second-order valence-electron chi connectivity index (χ2n) is 5.31. The van der Waals surface area contributed by atoms with Crippen LogP contribution in [0.2, 0.25) is 0 Å². The number of nitrogens with one attached hydrogen (secondary N) is 1. The van der Waals surface area contributed by atoms with Crippen LogP contribution in [-0.4, -0.2) is 15.5 Å². The van der Waals surface area contributed by atoms with E-state index in [-0.39, 0.29) is 5.91 Å². The molecule has 1 N–H and O–H groups in total. The van der Waals surface area contributed by atoms with Crippen molar-refractivity contribution < 1.29 is 4.79 Å². The molecule has 1 amide bonds. The number of aryl methyl sites for hydroxylation is 3. The largest absolute Gasteiger partial charge is 0.334 e.